The Morgan fingerprint density at radius 2 is 1.05 bits per heavy atom. The number of nitrogens with two attached hydrogens (primary N) is 1. The highest BCUT2D eigenvalue weighted by molar-refractivity contribution is 5.94. The van der Waals surface area contributed by atoms with Gasteiger partial charge in [0.1, 0.15) is 23.3 Å². The summed E-state index contributed by atoms with van der Waals surface area (Å²) in [4.78, 5) is 68.1. The number of methoxy groups -OCH3 is 2. The van der Waals surface area contributed by atoms with Crippen LogP contribution < -0.4 is 44.5 Å². The van der Waals surface area contributed by atoms with E-state index in [-0.39, 0.29) is 39.5 Å². The van der Waals surface area contributed by atoms with Gasteiger partial charge in [-0.05, 0) is 287 Å². The van der Waals surface area contributed by atoms with E-state index in [0.717, 1.165) is 158 Å². The molecule has 0 saturated carbocycles. The molecule has 4 aromatic rings. The summed E-state index contributed by atoms with van der Waals surface area (Å²) in [6, 6.07) is 8.51. The maximum absolute atomic E-state index is 14.4. The van der Waals surface area contributed by atoms with Gasteiger partial charge in [0.2, 0.25) is 0 Å². The predicted molar refractivity (Wildman–Crippen MR) is 394 cm³/mol. The Morgan fingerprint density at radius 3 is 1.52 bits per heavy atom. The van der Waals surface area contributed by atoms with Crippen LogP contribution in [0.1, 0.15) is 157 Å². The molecule has 4 aliphatic carbocycles. The summed E-state index contributed by atoms with van der Waals surface area (Å²) >= 11 is 0. The van der Waals surface area contributed by atoms with E-state index in [1.54, 1.807) is 33.2 Å². The fourth-order valence-electron chi connectivity index (χ4n) is 19.5. The van der Waals surface area contributed by atoms with Crippen LogP contribution in [-0.4, -0.2) is 184 Å². The zero-order valence-corrected chi connectivity index (χ0v) is 63.9. The van der Waals surface area contributed by atoms with Crippen molar-refractivity contribution < 1.29 is 52.3 Å². The summed E-state index contributed by atoms with van der Waals surface area (Å²) in [7, 11) is 21.0. The molecule has 1 unspecified atom stereocenters. The molecule has 4 heterocycles. The first-order valence-electron chi connectivity index (χ1n) is 36.5. The molecule has 0 aromatic heterocycles. The van der Waals surface area contributed by atoms with E-state index in [0.29, 0.717) is 66.6 Å². The molecule has 19 heteroatoms. The van der Waals surface area contributed by atoms with E-state index in [9.17, 15) is 19.2 Å². The summed E-state index contributed by atoms with van der Waals surface area (Å²) in [5.41, 5.74) is 20.5. The zero-order valence-electron chi connectivity index (χ0n) is 63.9. The Morgan fingerprint density at radius 1 is 0.600 bits per heavy atom. The van der Waals surface area contributed by atoms with Crippen molar-refractivity contribution in [3.05, 3.63) is 120 Å². The molecular formula is C81H114N8O11. The lowest BCUT2D eigenvalue weighted by Gasteiger charge is -2.63. The number of likely N-dealkylation sites (tertiary alicyclic amines) is 2. The van der Waals surface area contributed by atoms with Gasteiger partial charge in [0.05, 0.1) is 42.5 Å². The van der Waals surface area contributed by atoms with Gasteiger partial charge in [-0.1, -0.05) is 38.8 Å². The van der Waals surface area contributed by atoms with E-state index in [2.05, 4.69) is 95.0 Å². The van der Waals surface area contributed by atoms with Gasteiger partial charge in [-0.3, -0.25) is 24.4 Å². The number of hydrogen-bond acceptors (Lipinski definition) is 17. The third-order valence-corrected chi connectivity index (χ3v) is 26.0. The second-order valence-corrected chi connectivity index (χ2v) is 31.1. The number of hydrogen-bond donors (Lipinski definition) is 2. The first kappa shape index (κ1) is 74.2. The summed E-state index contributed by atoms with van der Waals surface area (Å²) in [6.45, 7) is 24.5. The molecule has 4 bridgehead atoms. The molecule has 100 heavy (non-hydrogen) atoms. The average molecular weight is 1380 g/mol. The quantitative estimate of drug-likeness (QED) is 0.0405. The molecule has 10 atom stereocenters. The third kappa shape index (κ3) is 11.9. The highest BCUT2D eigenvalue weighted by Crippen LogP contribution is 2.71. The van der Waals surface area contributed by atoms with Crippen LogP contribution in [0.3, 0.4) is 0 Å². The minimum absolute atomic E-state index is 0.0874. The normalized spacial score (nSPS) is 25.4. The number of unbranched alkanes of at least 4 members (excludes halogenated alkanes) is 2. The van der Waals surface area contributed by atoms with Crippen LogP contribution in [0.15, 0.2) is 47.9 Å². The molecule has 544 valence electrons. The molecule has 19 nitrogen and oxygen atoms in total. The van der Waals surface area contributed by atoms with Crippen LogP contribution in [0.25, 0.3) is 0 Å². The van der Waals surface area contributed by atoms with Gasteiger partial charge in [0.25, 0.3) is 0 Å². The third-order valence-electron chi connectivity index (χ3n) is 26.0. The van der Waals surface area contributed by atoms with Crippen LogP contribution >= 0.6 is 0 Å². The predicted octanol–water partition coefficient (Wildman–Crippen LogP) is 12.3. The number of Topliss-reactive ketones (excluding diaryl/α,β-unsaturated/α-hetero) is 1. The number of piperidine rings is 2. The standard InChI is InChI=1S/C42H60N4O5.C39H54N4O6/c1-25-26(2)28(4)37(30(27(25)3)16-17-32(47)31(44(7)8)14-12-13-22-43-6)46(10)40(48)50-34-19-20-41(5)35-24-29-15-18-33(49-11)38-36(29)42(41,39(34)51-38)21-23-45(35)9;1-22-23(2)25(4)33(49-36(44)27(41(6)7)13-11-12-19-40)32(24(22)3)43(9)37(45)47-29-16-17-38(5)30-21-26-14-15-28(46-10)34-31(26)39(38,35(29)48-34)18-20-42(30)8/h15,18-19,31,35,39,43H,12-14,16-17,20-24H2,1-11H3;14-16,27,30,35H,11-13,17-21,40H2,1-10H3/t31?,35-,39+,41+,42+;27-,30+,35-,38-,39-/m10/s1. The van der Waals surface area contributed by atoms with Gasteiger partial charge in [-0.2, -0.15) is 0 Å². The topological polar surface area (TPSA) is 190 Å². The van der Waals surface area contributed by atoms with Crippen molar-refractivity contribution in [3.8, 4) is 28.7 Å². The van der Waals surface area contributed by atoms with E-state index >= 15 is 0 Å². The van der Waals surface area contributed by atoms with Crippen LogP contribution in [0.2, 0.25) is 0 Å². The maximum Gasteiger partial charge on any atom is 0.419 e. The fraction of sp³-hybridized carbons (Fsp3) is 0.605. The molecule has 12 rings (SSSR count). The molecule has 2 saturated heterocycles. The SMILES string of the molecule is CNCCCCC(C(=O)CCc1c(C)c(C)c(C)c(C)c1N(C)C(=O)OC1=CC[C@@]2(C)[C@H]3Cc4ccc(OC)c5c4[C@@]2(CCN3C)[C@H]1O5)N(C)C.COc1ccc2c3c1O[C@H]1C(OC(=O)N(C)c4c(C)c(C)c(C)c(C)c4OC(=O)[C@H](CCCCN)N(C)C)=CC[C@@]4(C)[C@@H](C2)N(C)CC[C@]314. The fourth-order valence-corrected chi connectivity index (χ4v) is 19.5. The maximum atomic E-state index is 14.4. The number of carbonyl (C=O) groups excluding carboxylic acids is 4. The van der Waals surface area contributed by atoms with E-state index < -0.39 is 30.4 Å². The minimum atomic E-state index is -0.562. The van der Waals surface area contributed by atoms with Crippen molar-refractivity contribution in [2.45, 2.75) is 206 Å². The number of nitrogens with zero attached hydrogens (tertiary/aromatic N) is 6. The first-order chi connectivity index (χ1) is 47.5. The molecule has 2 fully saturated rings. The Kier molecular flexibility index (Phi) is 21.3. The number of ketones is 1. The van der Waals surface area contributed by atoms with E-state index in [4.69, 9.17) is 38.9 Å². The van der Waals surface area contributed by atoms with Crippen molar-refractivity contribution in [3.63, 3.8) is 0 Å². The number of anilines is 2. The van der Waals surface area contributed by atoms with Gasteiger partial charge in [-0.15, -0.1) is 0 Å². The van der Waals surface area contributed by atoms with Crippen molar-refractivity contribution >= 4 is 35.3 Å². The van der Waals surface area contributed by atoms with E-state index in [1.807, 2.05) is 84.9 Å². The number of ether oxygens (including phenoxy) is 7. The Balaban J connectivity index is 0.000000202. The number of esters is 1. The van der Waals surface area contributed by atoms with Crippen LogP contribution in [0.4, 0.5) is 21.0 Å². The molecule has 8 aliphatic rings. The monoisotopic (exact) mass is 1370 g/mol. The summed E-state index contributed by atoms with van der Waals surface area (Å²) in [5.74, 6) is 4.37. The summed E-state index contributed by atoms with van der Waals surface area (Å²) in [6.07, 6.45) is 13.6. The molecule has 2 amide bonds. The number of carbonyl (C=O) groups is 4. The molecule has 0 radical (unpaired) electrons. The molecule has 2 spiro atoms. The second kappa shape index (κ2) is 28.7. The van der Waals surface area contributed by atoms with Crippen molar-refractivity contribution in [2.75, 3.05) is 114 Å². The molecule has 4 aliphatic heterocycles. The van der Waals surface area contributed by atoms with Crippen molar-refractivity contribution in [1.82, 2.24) is 24.9 Å². The Bertz CT molecular complexity index is 3940. The van der Waals surface area contributed by atoms with Crippen LogP contribution in [-0.2, 0) is 49.2 Å². The smallest absolute Gasteiger partial charge is 0.419 e. The largest absolute Gasteiger partial charge is 0.493 e. The first-order valence-corrected chi connectivity index (χ1v) is 36.5. The lowest BCUT2D eigenvalue weighted by atomic mass is 9.45. The Labute approximate surface area is 595 Å². The highest BCUT2D eigenvalue weighted by Gasteiger charge is 2.72. The van der Waals surface area contributed by atoms with E-state index in [1.165, 1.54) is 32.7 Å². The number of likely N-dealkylation sites (N-methyl/N-ethyl adjacent to an activating group) is 4. The number of allylic oxidation sites excluding steroid dienone is 2. The second-order valence-electron chi connectivity index (χ2n) is 31.1. The number of benzene rings is 4. The van der Waals surface area contributed by atoms with Gasteiger partial charge in [0.15, 0.2) is 41.0 Å². The summed E-state index contributed by atoms with van der Waals surface area (Å²) < 4.78 is 44.5. The highest BCUT2D eigenvalue weighted by atomic mass is 16.6. The number of rotatable bonds is 23. The van der Waals surface area contributed by atoms with Gasteiger partial charge < -0.3 is 54.0 Å². The Hall–Kier alpha value is -7.00. The minimum Gasteiger partial charge on any atom is -0.493 e. The lowest BCUT2D eigenvalue weighted by Crippen LogP contribution is -2.69. The lowest BCUT2D eigenvalue weighted by molar-refractivity contribution is -0.139. The van der Waals surface area contributed by atoms with Gasteiger partial charge >= 0.3 is 18.2 Å². The number of nitrogens with one attached hydrogen (secondary N) is 1. The zero-order chi connectivity index (χ0) is 72.6. The van der Waals surface area contributed by atoms with Crippen molar-refractivity contribution in [1.29, 1.82) is 0 Å². The molecule has 3 N–H and O–H groups in total. The average Bonchev–Trinajstić information content (AvgIpc) is 1.44. The van der Waals surface area contributed by atoms with Crippen molar-refractivity contribution in [2.24, 2.45) is 16.6 Å². The number of amides is 2. The summed E-state index contributed by atoms with van der Waals surface area (Å²) in [5, 5.41) is 3.20. The molecule has 4 aromatic carbocycles. The van der Waals surface area contributed by atoms with Gasteiger partial charge in [0, 0.05) is 54.6 Å². The van der Waals surface area contributed by atoms with Gasteiger partial charge in [-0.25, -0.2) is 14.4 Å². The van der Waals surface area contributed by atoms with Crippen LogP contribution in [0, 0.1) is 66.2 Å². The molecular weight excluding hydrogens is 1260 g/mol. The van der Waals surface area contributed by atoms with Crippen LogP contribution in [0.5, 0.6) is 28.7 Å².